The SMILES string of the molecule is CC(=Nc1ccccc1C)N=S(c1ccccc1)c1ccccc1. The first-order valence-electron chi connectivity index (χ1n) is 7.91. The van der Waals surface area contributed by atoms with Crippen LogP contribution in [0, 0.1) is 6.92 Å². The summed E-state index contributed by atoms with van der Waals surface area (Å²) in [6, 6.07) is 28.9. The minimum Gasteiger partial charge on any atom is -0.233 e. The van der Waals surface area contributed by atoms with Gasteiger partial charge in [0.2, 0.25) is 0 Å². The molecule has 0 fully saturated rings. The van der Waals surface area contributed by atoms with Crippen molar-refractivity contribution in [2.24, 2.45) is 9.36 Å². The summed E-state index contributed by atoms with van der Waals surface area (Å²) in [5.41, 5.74) is 2.13. The van der Waals surface area contributed by atoms with E-state index >= 15 is 0 Å². The summed E-state index contributed by atoms with van der Waals surface area (Å²) in [6.07, 6.45) is 0. The van der Waals surface area contributed by atoms with Crippen LogP contribution in [0.4, 0.5) is 5.69 Å². The van der Waals surface area contributed by atoms with Gasteiger partial charge in [0.25, 0.3) is 0 Å². The summed E-state index contributed by atoms with van der Waals surface area (Å²) in [6.45, 7) is 4.04. The highest BCUT2D eigenvalue weighted by Gasteiger charge is 2.05. The number of para-hydroxylation sites is 1. The van der Waals surface area contributed by atoms with Crippen LogP contribution in [-0.2, 0) is 10.7 Å². The average molecular weight is 332 g/mol. The summed E-state index contributed by atoms with van der Waals surface area (Å²) in [4.78, 5) is 7.10. The van der Waals surface area contributed by atoms with Gasteiger partial charge in [0.15, 0.2) is 0 Å². The Hall–Kier alpha value is -2.52. The zero-order valence-corrected chi connectivity index (χ0v) is 14.7. The molecule has 0 radical (unpaired) electrons. The van der Waals surface area contributed by atoms with Crippen LogP contribution in [0.25, 0.3) is 0 Å². The monoisotopic (exact) mass is 332 g/mol. The number of aliphatic imine (C=N–C) groups is 1. The minimum absolute atomic E-state index is 0.367. The first kappa shape index (κ1) is 16.3. The van der Waals surface area contributed by atoms with Crippen LogP contribution < -0.4 is 0 Å². The predicted molar refractivity (Wildman–Crippen MR) is 103 cm³/mol. The Labute approximate surface area is 146 Å². The van der Waals surface area contributed by atoms with E-state index in [9.17, 15) is 0 Å². The predicted octanol–water partition coefficient (Wildman–Crippen LogP) is 5.97. The van der Waals surface area contributed by atoms with Crippen molar-refractivity contribution in [2.45, 2.75) is 23.6 Å². The van der Waals surface area contributed by atoms with Crippen LogP contribution in [0.2, 0.25) is 0 Å². The fraction of sp³-hybridized carbons (Fsp3) is 0.0952. The van der Waals surface area contributed by atoms with E-state index in [1.54, 1.807) is 0 Å². The van der Waals surface area contributed by atoms with E-state index in [0.29, 0.717) is 0 Å². The molecule has 0 aliphatic rings. The van der Waals surface area contributed by atoms with E-state index in [1.165, 1.54) is 9.79 Å². The topological polar surface area (TPSA) is 24.7 Å². The van der Waals surface area contributed by atoms with Crippen molar-refractivity contribution in [1.29, 1.82) is 0 Å². The summed E-state index contributed by atoms with van der Waals surface area (Å²) < 4.78 is 4.93. The molecule has 24 heavy (non-hydrogen) atoms. The van der Waals surface area contributed by atoms with Crippen molar-refractivity contribution in [1.82, 2.24) is 0 Å². The molecule has 120 valence electrons. The molecule has 0 heterocycles. The van der Waals surface area contributed by atoms with Gasteiger partial charge < -0.3 is 0 Å². The maximum atomic E-state index is 4.93. The Kier molecular flexibility index (Phi) is 5.34. The van der Waals surface area contributed by atoms with Gasteiger partial charge in [-0.1, -0.05) is 54.6 Å². The lowest BCUT2D eigenvalue weighted by Gasteiger charge is -2.09. The molecule has 0 aliphatic carbocycles. The van der Waals surface area contributed by atoms with Crippen molar-refractivity contribution in [2.75, 3.05) is 0 Å². The average Bonchev–Trinajstić information content (AvgIpc) is 2.63. The van der Waals surface area contributed by atoms with Crippen LogP contribution in [-0.4, -0.2) is 5.84 Å². The van der Waals surface area contributed by atoms with Gasteiger partial charge in [0.05, 0.1) is 5.69 Å². The molecule has 0 spiro atoms. The van der Waals surface area contributed by atoms with Crippen LogP contribution in [0.5, 0.6) is 0 Å². The number of hydrogen-bond donors (Lipinski definition) is 0. The number of amidine groups is 1. The quantitative estimate of drug-likeness (QED) is 0.417. The van der Waals surface area contributed by atoms with E-state index in [1.807, 2.05) is 37.3 Å². The smallest absolute Gasteiger partial charge is 0.133 e. The third-order valence-electron chi connectivity index (χ3n) is 3.55. The van der Waals surface area contributed by atoms with E-state index in [4.69, 9.17) is 9.36 Å². The second-order valence-electron chi connectivity index (χ2n) is 5.45. The molecule has 0 aromatic heterocycles. The van der Waals surface area contributed by atoms with Crippen molar-refractivity contribution in [3.05, 3.63) is 90.5 Å². The molecule has 2 nitrogen and oxygen atoms in total. The zero-order chi connectivity index (χ0) is 16.8. The van der Waals surface area contributed by atoms with Gasteiger partial charge in [0, 0.05) is 9.79 Å². The first-order chi connectivity index (χ1) is 11.7. The molecule has 0 amide bonds. The molecule has 3 heteroatoms. The largest absolute Gasteiger partial charge is 0.233 e. The van der Waals surface area contributed by atoms with Gasteiger partial charge >= 0.3 is 0 Å². The minimum atomic E-state index is -0.367. The molecular formula is C21H20N2S. The fourth-order valence-electron chi connectivity index (χ4n) is 2.36. The Balaban J connectivity index is 2.06. The van der Waals surface area contributed by atoms with Crippen molar-refractivity contribution in [3.8, 4) is 0 Å². The van der Waals surface area contributed by atoms with Gasteiger partial charge in [-0.3, -0.25) is 0 Å². The highest BCUT2D eigenvalue weighted by molar-refractivity contribution is 7.87. The number of benzene rings is 3. The number of hydrogen-bond acceptors (Lipinski definition) is 1. The molecule has 0 atom stereocenters. The molecule has 3 aromatic carbocycles. The molecule has 3 rings (SSSR count). The van der Waals surface area contributed by atoms with Gasteiger partial charge in [-0.2, -0.15) is 0 Å². The van der Waals surface area contributed by atoms with Gasteiger partial charge in [-0.15, -0.1) is 0 Å². The van der Waals surface area contributed by atoms with E-state index in [-0.39, 0.29) is 10.7 Å². The third-order valence-corrected chi connectivity index (χ3v) is 5.44. The number of rotatable bonds is 3. The van der Waals surface area contributed by atoms with E-state index < -0.39 is 0 Å². The molecule has 0 saturated heterocycles. The van der Waals surface area contributed by atoms with Gasteiger partial charge in [-0.05, 0) is 60.4 Å². The molecule has 3 aromatic rings. The van der Waals surface area contributed by atoms with Crippen LogP contribution >= 0.6 is 0 Å². The first-order valence-corrected chi connectivity index (χ1v) is 9.09. The summed E-state index contributed by atoms with van der Waals surface area (Å²) in [5, 5.41) is 0. The van der Waals surface area contributed by atoms with Crippen LogP contribution in [0.15, 0.2) is 104 Å². The Morgan fingerprint density at radius 2 is 1.21 bits per heavy atom. The number of nitrogens with zero attached hydrogens (tertiary/aromatic N) is 2. The molecule has 0 bridgehead atoms. The maximum absolute atomic E-state index is 4.93. The Morgan fingerprint density at radius 3 is 1.75 bits per heavy atom. The third kappa shape index (κ3) is 4.06. The van der Waals surface area contributed by atoms with Crippen molar-refractivity contribution >= 4 is 22.2 Å². The summed E-state index contributed by atoms with van der Waals surface area (Å²) >= 11 is 0. The molecular weight excluding hydrogens is 312 g/mol. The molecule has 0 unspecified atom stereocenters. The molecule has 0 N–H and O–H groups in total. The van der Waals surface area contributed by atoms with Crippen molar-refractivity contribution < 1.29 is 0 Å². The normalized spacial score (nSPS) is 11.5. The number of aryl methyl sites for hydroxylation is 1. The standard InChI is InChI=1S/C21H20N2S/c1-17-11-9-10-16-21(17)22-18(2)23-24(19-12-5-3-6-13-19)20-14-7-4-8-15-20/h3-16H,1-2H3. The van der Waals surface area contributed by atoms with Gasteiger partial charge in [0.1, 0.15) is 5.84 Å². The highest BCUT2D eigenvalue weighted by atomic mass is 32.2. The highest BCUT2D eigenvalue weighted by Crippen LogP contribution is 2.21. The van der Waals surface area contributed by atoms with Crippen molar-refractivity contribution in [3.63, 3.8) is 0 Å². The molecule has 0 aliphatic heterocycles. The maximum Gasteiger partial charge on any atom is 0.133 e. The van der Waals surface area contributed by atoms with E-state index in [0.717, 1.165) is 17.1 Å². The molecule has 0 saturated carbocycles. The lowest BCUT2D eigenvalue weighted by molar-refractivity contribution is 1.35. The zero-order valence-electron chi connectivity index (χ0n) is 13.9. The van der Waals surface area contributed by atoms with Gasteiger partial charge in [-0.25, -0.2) is 9.36 Å². The lowest BCUT2D eigenvalue weighted by atomic mass is 10.2. The van der Waals surface area contributed by atoms with E-state index in [2.05, 4.69) is 61.5 Å². The lowest BCUT2D eigenvalue weighted by Crippen LogP contribution is -1.97. The van der Waals surface area contributed by atoms with Crippen LogP contribution in [0.3, 0.4) is 0 Å². The second-order valence-corrected chi connectivity index (χ2v) is 7.14. The summed E-state index contributed by atoms with van der Waals surface area (Å²) in [7, 11) is -0.367. The summed E-state index contributed by atoms with van der Waals surface area (Å²) in [5.74, 6) is 0.792. The Bertz CT molecular complexity index is 827. The second kappa shape index (κ2) is 7.84. The fourth-order valence-corrected chi connectivity index (χ4v) is 3.97. The van der Waals surface area contributed by atoms with Crippen LogP contribution in [0.1, 0.15) is 12.5 Å². The Morgan fingerprint density at radius 1 is 0.708 bits per heavy atom.